The van der Waals surface area contributed by atoms with Crippen molar-refractivity contribution in [2.45, 2.75) is 95.2 Å². The van der Waals surface area contributed by atoms with Crippen LogP contribution in [0, 0.1) is 52.3 Å². The molecule has 8 heteroatoms. The summed E-state index contributed by atoms with van der Waals surface area (Å²) >= 11 is 0. The van der Waals surface area contributed by atoms with Gasteiger partial charge in [-0.3, -0.25) is 0 Å². The third-order valence-electron chi connectivity index (χ3n) is 11.4. The second kappa shape index (κ2) is 10.5. The fourth-order valence-electron chi connectivity index (χ4n) is 9.44. The van der Waals surface area contributed by atoms with Crippen molar-refractivity contribution in [2.75, 3.05) is 20.3 Å². The quantitative estimate of drug-likeness (QED) is 0.519. The molecule has 38 heavy (non-hydrogen) atoms. The molecule has 1 aromatic rings. The highest BCUT2D eigenvalue weighted by Gasteiger charge is 2.59. The predicted molar refractivity (Wildman–Crippen MR) is 145 cm³/mol. The van der Waals surface area contributed by atoms with Crippen molar-refractivity contribution < 1.29 is 18.3 Å². The molecule has 0 spiro atoms. The molecule has 0 bridgehead atoms. The Kier molecular flexibility index (Phi) is 7.71. The molecule has 1 aromatic heterocycles. The summed E-state index contributed by atoms with van der Waals surface area (Å²) < 4.78 is 34.1. The Morgan fingerprint density at radius 2 is 1.92 bits per heavy atom. The predicted octanol–water partition coefficient (Wildman–Crippen LogP) is 5.00. The third kappa shape index (κ3) is 4.72. The molecule has 0 amide bonds. The summed E-state index contributed by atoms with van der Waals surface area (Å²) in [6.45, 7) is 7.63. The Bertz CT molecular complexity index is 1150. The lowest BCUT2D eigenvalue weighted by atomic mass is 9.48. The number of ether oxygens (including phenoxy) is 1. The van der Waals surface area contributed by atoms with Gasteiger partial charge in [-0.25, -0.2) is 13.4 Å². The van der Waals surface area contributed by atoms with E-state index in [1.165, 1.54) is 48.3 Å². The van der Waals surface area contributed by atoms with Crippen molar-refractivity contribution >= 4 is 10.0 Å². The standard InChI is InChI=1S/C30H45N3O4S/c1-5-37-19-30(34)15-13-23-22(16-30)7-8-25-24(23)12-14-29(3)26(9-10-27(25)29)20(2)33(4)38(35,36)28-11-6-21(17-31)18-32-28/h6,11,18,20,22-27,34H,5,7-10,12-16,19H2,1-4H3/t20-,22-,23+,24-,25-,26-,27+,29-,30-/m1/s1. The molecular formula is C30H45N3O4S. The molecule has 4 aliphatic carbocycles. The summed E-state index contributed by atoms with van der Waals surface area (Å²) in [6, 6.07) is 4.84. The molecule has 9 atom stereocenters. The molecule has 210 valence electrons. The smallest absolute Gasteiger partial charge is 0.260 e. The van der Waals surface area contributed by atoms with E-state index >= 15 is 0 Å². The zero-order chi connectivity index (χ0) is 27.3. The van der Waals surface area contributed by atoms with E-state index in [-0.39, 0.29) is 16.5 Å². The number of hydrogen-bond acceptors (Lipinski definition) is 6. The fraction of sp³-hybridized carbons (Fsp3) is 0.800. The van der Waals surface area contributed by atoms with E-state index in [4.69, 9.17) is 10.00 Å². The molecule has 4 saturated carbocycles. The Morgan fingerprint density at radius 3 is 2.61 bits per heavy atom. The lowest BCUT2D eigenvalue weighted by Gasteiger charge is -2.57. The summed E-state index contributed by atoms with van der Waals surface area (Å²) in [4.78, 5) is 4.09. The summed E-state index contributed by atoms with van der Waals surface area (Å²) in [5, 5.41) is 20.2. The molecule has 4 aliphatic rings. The van der Waals surface area contributed by atoms with Gasteiger partial charge >= 0.3 is 0 Å². The van der Waals surface area contributed by atoms with Crippen LogP contribution in [0.5, 0.6) is 0 Å². The van der Waals surface area contributed by atoms with Crippen molar-refractivity contribution in [3.63, 3.8) is 0 Å². The van der Waals surface area contributed by atoms with Gasteiger partial charge in [-0.15, -0.1) is 0 Å². The van der Waals surface area contributed by atoms with E-state index in [0.29, 0.717) is 48.4 Å². The van der Waals surface area contributed by atoms with Crippen LogP contribution < -0.4 is 0 Å². The van der Waals surface area contributed by atoms with Gasteiger partial charge in [0.1, 0.15) is 6.07 Å². The minimum Gasteiger partial charge on any atom is -0.387 e. The van der Waals surface area contributed by atoms with E-state index in [1.807, 2.05) is 13.0 Å². The number of nitriles is 1. The van der Waals surface area contributed by atoms with Gasteiger partial charge in [-0.1, -0.05) is 6.92 Å². The number of nitrogens with zero attached hydrogens (tertiary/aromatic N) is 3. The van der Waals surface area contributed by atoms with Gasteiger partial charge in [0.15, 0.2) is 5.03 Å². The SMILES string of the molecule is CCOC[C@@]1(O)CC[C@H]2[C@H](CC[C@@H]3[C@@H]2CC[C@]2(C)[C@@H]([C@@H](C)N(C)S(=O)(=O)c4ccc(C#N)cn4)CC[C@@H]32)C1. The first kappa shape index (κ1) is 28.0. The molecule has 4 fully saturated rings. The monoisotopic (exact) mass is 543 g/mol. The minimum atomic E-state index is -3.74. The first-order chi connectivity index (χ1) is 18.0. The van der Waals surface area contributed by atoms with Crippen LogP contribution >= 0.6 is 0 Å². The second-order valence-corrected chi connectivity index (χ2v) is 15.0. The fourth-order valence-corrected chi connectivity index (χ4v) is 10.7. The zero-order valence-corrected chi connectivity index (χ0v) is 24.3. The van der Waals surface area contributed by atoms with Gasteiger partial charge in [0.2, 0.25) is 0 Å². The topological polar surface area (TPSA) is 104 Å². The molecule has 0 unspecified atom stereocenters. The first-order valence-corrected chi connectivity index (χ1v) is 16.1. The molecule has 5 rings (SSSR count). The average Bonchev–Trinajstić information content (AvgIpc) is 3.28. The van der Waals surface area contributed by atoms with Gasteiger partial charge in [0.25, 0.3) is 10.0 Å². The van der Waals surface area contributed by atoms with E-state index < -0.39 is 15.6 Å². The van der Waals surface area contributed by atoms with Crippen molar-refractivity contribution in [3.05, 3.63) is 23.9 Å². The summed E-state index contributed by atoms with van der Waals surface area (Å²) in [6.07, 6.45) is 11.2. The third-order valence-corrected chi connectivity index (χ3v) is 13.3. The zero-order valence-electron chi connectivity index (χ0n) is 23.5. The maximum Gasteiger partial charge on any atom is 0.260 e. The molecule has 1 N–H and O–H groups in total. The Balaban J connectivity index is 1.29. The molecule has 7 nitrogen and oxygen atoms in total. The minimum absolute atomic E-state index is 0.00850. The van der Waals surface area contributed by atoms with E-state index in [9.17, 15) is 13.5 Å². The maximum absolute atomic E-state index is 13.4. The highest BCUT2D eigenvalue weighted by Crippen LogP contribution is 2.65. The largest absolute Gasteiger partial charge is 0.387 e. The van der Waals surface area contributed by atoms with Gasteiger partial charge < -0.3 is 9.84 Å². The van der Waals surface area contributed by atoms with Crippen LogP contribution in [-0.2, 0) is 14.8 Å². The summed E-state index contributed by atoms with van der Waals surface area (Å²) in [7, 11) is -2.05. The number of aromatic nitrogens is 1. The molecule has 0 radical (unpaired) electrons. The highest BCUT2D eigenvalue weighted by molar-refractivity contribution is 7.89. The number of pyridine rings is 1. The van der Waals surface area contributed by atoms with Gasteiger partial charge in [0.05, 0.1) is 17.8 Å². The molecular weight excluding hydrogens is 498 g/mol. The summed E-state index contributed by atoms with van der Waals surface area (Å²) in [5.74, 6) is 3.72. The van der Waals surface area contributed by atoms with Crippen LogP contribution in [0.2, 0.25) is 0 Å². The highest BCUT2D eigenvalue weighted by atomic mass is 32.2. The van der Waals surface area contributed by atoms with Gasteiger partial charge in [-0.2, -0.15) is 9.57 Å². The number of fused-ring (bicyclic) bond motifs is 5. The number of aliphatic hydroxyl groups is 1. The van der Waals surface area contributed by atoms with Crippen LogP contribution in [0.25, 0.3) is 0 Å². The lowest BCUT2D eigenvalue weighted by Crippen LogP contribution is -2.53. The number of sulfonamides is 1. The number of rotatable bonds is 7. The first-order valence-electron chi connectivity index (χ1n) is 14.7. The van der Waals surface area contributed by atoms with E-state index in [2.05, 4.69) is 18.8 Å². The van der Waals surface area contributed by atoms with Crippen molar-refractivity contribution in [1.29, 1.82) is 5.26 Å². The maximum atomic E-state index is 13.4. The van der Waals surface area contributed by atoms with Crippen LogP contribution in [-0.4, -0.2) is 54.7 Å². The number of hydrogen-bond donors (Lipinski definition) is 1. The summed E-state index contributed by atoms with van der Waals surface area (Å²) in [5.41, 5.74) is -0.158. The van der Waals surface area contributed by atoms with Crippen LogP contribution in [0.1, 0.15) is 84.1 Å². The van der Waals surface area contributed by atoms with Crippen molar-refractivity contribution in [1.82, 2.24) is 9.29 Å². The van der Waals surface area contributed by atoms with Crippen LogP contribution in [0.4, 0.5) is 0 Å². The van der Waals surface area contributed by atoms with E-state index in [1.54, 1.807) is 7.05 Å². The van der Waals surface area contributed by atoms with Crippen LogP contribution in [0.3, 0.4) is 0 Å². The molecule has 0 saturated heterocycles. The average molecular weight is 544 g/mol. The van der Waals surface area contributed by atoms with E-state index in [0.717, 1.165) is 38.0 Å². The Morgan fingerprint density at radius 1 is 1.16 bits per heavy atom. The molecule has 1 heterocycles. The molecule has 0 aromatic carbocycles. The molecule has 0 aliphatic heterocycles. The van der Waals surface area contributed by atoms with Gasteiger partial charge in [-0.05, 0) is 125 Å². The second-order valence-electron chi connectivity index (χ2n) is 13.0. The van der Waals surface area contributed by atoms with Crippen molar-refractivity contribution in [2.24, 2.45) is 40.9 Å². The Hall–Kier alpha value is -1.53. The lowest BCUT2D eigenvalue weighted by molar-refractivity contribution is -0.129. The van der Waals surface area contributed by atoms with Gasteiger partial charge in [0, 0.05) is 25.9 Å². The normalized spacial score (nSPS) is 39.6. The van der Waals surface area contributed by atoms with Crippen molar-refractivity contribution in [3.8, 4) is 6.07 Å². The Labute approximate surface area is 229 Å². The van der Waals surface area contributed by atoms with Crippen LogP contribution in [0.15, 0.2) is 23.4 Å².